The molecule has 1 amide bonds. The third kappa shape index (κ3) is 5.16. The summed E-state index contributed by atoms with van der Waals surface area (Å²) in [6.07, 6.45) is 0. The molecule has 4 rings (SSSR count). The summed E-state index contributed by atoms with van der Waals surface area (Å²) in [5.74, 6) is 0.651. The van der Waals surface area contributed by atoms with Crippen LogP contribution >= 0.6 is 34.4 Å². The molecule has 0 unspecified atom stereocenters. The fourth-order valence-corrected chi connectivity index (χ4v) is 5.31. The quantitative estimate of drug-likeness (QED) is 0.330. The maximum atomic E-state index is 12.3. The minimum absolute atomic E-state index is 0.107. The summed E-state index contributed by atoms with van der Waals surface area (Å²) in [7, 11) is 0. The van der Waals surface area contributed by atoms with Gasteiger partial charge in [0.2, 0.25) is 11.0 Å². The maximum absolute atomic E-state index is 12.3. The van der Waals surface area contributed by atoms with Crippen LogP contribution in [0.2, 0.25) is 0 Å². The standard InChI is InChI=1S/C21H21N5OS3/c1-12(2)14-5-7-15(8-6-14)22-20-25-26-21(30-20)28-11-18(27)24-19-23-16-9-4-13(3)10-17(16)29-19/h4-10,12H,11H2,1-3H3,(H,22,25)(H,23,24,27). The number of carbonyl (C=O) groups is 1. The van der Waals surface area contributed by atoms with Crippen LogP contribution in [0.3, 0.4) is 0 Å². The number of nitrogens with zero attached hydrogens (tertiary/aromatic N) is 3. The van der Waals surface area contributed by atoms with Crippen LogP contribution in [-0.4, -0.2) is 26.8 Å². The molecule has 4 aromatic rings. The minimum Gasteiger partial charge on any atom is -0.330 e. The fraction of sp³-hybridized carbons (Fsp3) is 0.238. The minimum atomic E-state index is -0.107. The van der Waals surface area contributed by atoms with Crippen molar-refractivity contribution < 1.29 is 4.79 Å². The molecule has 6 nitrogen and oxygen atoms in total. The largest absolute Gasteiger partial charge is 0.330 e. The molecule has 154 valence electrons. The number of aromatic nitrogens is 3. The van der Waals surface area contributed by atoms with Crippen molar-refractivity contribution in [1.29, 1.82) is 0 Å². The molecule has 0 aliphatic heterocycles. The second-order valence-corrected chi connectivity index (χ2v) is 10.3. The topological polar surface area (TPSA) is 79.8 Å². The van der Waals surface area contributed by atoms with Crippen molar-refractivity contribution in [2.45, 2.75) is 31.0 Å². The van der Waals surface area contributed by atoms with E-state index in [9.17, 15) is 4.79 Å². The molecule has 0 fully saturated rings. The molecule has 0 aliphatic rings. The van der Waals surface area contributed by atoms with Crippen LogP contribution < -0.4 is 10.6 Å². The van der Waals surface area contributed by atoms with Crippen LogP contribution in [0.5, 0.6) is 0 Å². The highest BCUT2D eigenvalue weighted by Crippen LogP contribution is 2.29. The third-order valence-electron chi connectivity index (χ3n) is 4.35. The number of nitrogens with one attached hydrogen (secondary N) is 2. The number of aryl methyl sites for hydroxylation is 1. The summed E-state index contributed by atoms with van der Waals surface area (Å²) in [6, 6.07) is 14.4. The van der Waals surface area contributed by atoms with Crippen LogP contribution in [0.4, 0.5) is 16.0 Å². The number of hydrogen-bond acceptors (Lipinski definition) is 8. The molecule has 0 aliphatic carbocycles. The van der Waals surface area contributed by atoms with E-state index < -0.39 is 0 Å². The Balaban J connectivity index is 1.30. The molecule has 2 aromatic heterocycles. The number of amides is 1. The van der Waals surface area contributed by atoms with E-state index in [2.05, 4.69) is 57.9 Å². The number of fused-ring (bicyclic) bond motifs is 1. The van der Waals surface area contributed by atoms with Crippen molar-refractivity contribution in [1.82, 2.24) is 15.2 Å². The molecule has 0 saturated carbocycles. The van der Waals surface area contributed by atoms with E-state index in [1.54, 1.807) is 0 Å². The van der Waals surface area contributed by atoms with Crippen molar-refractivity contribution in [2.75, 3.05) is 16.4 Å². The average molecular weight is 456 g/mol. The Hall–Kier alpha value is -2.49. The Labute approximate surface area is 187 Å². The molecule has 0 atom stereocenters. The highest BCUT2D eigenvalue weighted by molar-refractivity contribution is 8.01. The number of anilines is 3. The van der Waals surface area contributed by atoms with Gasteiger partial charge in [-0.1, -0.05) is 66.5 Å². The zero-order valence-corrected chi connectivity index (χ0v) is 19.3. The molecule has 2 N–H and O–H groups in total. The molecule has 2 aromatic carbocycles. The zero-order valence-electron chi connectivity index (χ0n) is 16.8. The van der Waals surface area contributed by atoms with Crippen LogP contribution in [0.15, 0.2) is 46.8 Å². The summed E-state index contributed by atoms with van der Waals surface area (Å²) in [4.78, 5) is 16.7. The van der Waals surface area contributed by atoms with Gasteiger partial charge in [-0.15, -0.1) is 10.2 Å². The number of carbonyl (C=O) groups excluding carboxylic acids is 1. The van der Waals surface area contributed by atoms with E-state index in [4.69, 9.17) is 0 Å². The van der Waals surface area contributed by atoms with Gasteiger partial charge < -0.3 is 10.6 Å². The Kier molecular flexibility index (Phi) is 6.31. The molecule has 0 spiro atoms. The second kappa shape index (κ2) is 9.11. The van der Waals surface area contributed by atoms with E-state index in [0.717, 1.165) is 20.2 Å². The number of thiazole rings is 1. The van der Waals surface area contributed by atoms with Gasteiger partial charge >= 0.3 is 0 Å². The summed E-state index contributed by atoms with van der Waals surface area (Å²) in [5, 5.41) is 15.8. The van der Waals surface area contributed by atoms with Gasteiger partial charge in [0.1, 0.15) is 0 Å². The Morgan fingerprint density at radius 1 is 1.07 bits per heavy atom. The first kappa shape index (κ1) is 20.8. The number of hydrogen-bond donors (Lipinski definition) is 2. The number of thioether (sulfide) groups is 1. The van der Waals surface area contributed by atoms with Crippen LogP contribution in [-0.2, 0) is 4.79 Å². The van der Waals surface area contributed by atoms with E-state index in [1.807, 2.05) is 31.2 Å². The number of benzene rings is 2. The lowest BCUT2D eigenvalue weighted by atomic mass is 10.0. The van der Waals surface area contributed by atoms with E-state index in [0.29, 0.717) is 16.2 Å². The lowest BCUT2D eigenvalue weighted by Gasteiger charge is -2.06. The van der Waals surface area contributed by atoms with Crippen LogP contribution in [0, 0.1) is 6.92 Å². The van der Waals surface area contributed by atoms with Crippen LogP contribution in [0.25, 0.3) is 10.2 Å². The highest BCUT2D eigenvalue weighted by atomic mass is 32.2. The Morgan fingerprint density at radius 2 is 1.87 bits per heavy atom. The van der Waals surface area contributed by atoms with Gasteiger partial charge in [0, 0.05) is 5.69 Å². The van der Waals surface area contributed by atoms with Gasteiger partial charge in [-0.2, -0.15) is 0 Å². The maximum Gasteiger partial charge on any atom is 0.236 e. The van der Waals surface area contributed by atoms with Crippen molar-refractivity contribution >= 4 is 66.5 Å². The Morgan fingerprint density at radius 3 is 2.63 bits per heavy atom. The third-order valence-corrected chi connectivity index (χ3v) is 7.26. The van der Waals surface area contributed by atoms with E-state index in [-0.39, 0.29) is 11.7 Å². The lowest BCUT2D eigenvalue weighted by Crippen LogP contribution is -2.13. The summed E-state index contributed by atoms with van der Waals surface area (Å²) in [6.45, 7) is 6.38. The molecule has 30 heavy (non-hydrogen) atoms. The second-order valence-electron chi connectivity index (χ2n) is 7.10. The van der Waals surface area contributed by atoms with E-state index >= 15 is 0 Å². The predicted molar refractivity (Wildman–Crippen MR) is 127 cm³/mol. The number of rotatable bonds is 7. The lowest BCUT2D eigenvalue weighted by molar-refractivity contribution is -0.113. The van der Waals surface area contributed by atoms with Crippen molar-refractivity contribution in [2.24, 2.45) is 0 Å². The van der Waals surface area contributed by atoms with Gasteiger partial charge in [0.15, 0.2) is 9.47 Å². The molecule has 0 saturated heterocycles. The first-order chi connectivity index (χ1) is 14.5. The van der Waals surface area contributed by atoms with Crippen molar-refractivity contribution in [3.05, 3.63) is 53.6 Å². The molecular formula is C21H21N5OS3. The first-order valence-electron chi connectivity index (χ1n) is 9.46. The van der Waals surface area contributed by atoms with Crippen LogP contribution in [0.1, 0.15) is 30.9 Å². The molecule has 0 bridgehead atoms. The first-order valence-corrected chi connectivity index (χ1v) is 12.1. The molecular weight excluding hydrogens is 434 g/mol. The van der Waals surface area contributed by atoms with Gasteiger partial charge in [-0.05, 0) is 48.2 Å². The summed E-state index contributed by atoms with van der Waals surface area (Å²) in [5.41, 5.74) is 4.34. The average Bonchev–Trinajstić information content (AvgIpc) is 3.32. The normalized spacial score (nSPS) is 11.2. The van der Waals surface area contributed by atoms with Gasteiger partial charge in [0.25, 0.3) is 0 Å². The van der Waals surface area contributed by atoms with Gasteiger partial charge in [0.05, 0.1) is 16.0 Å². The van der Waals surface area contributed by atoms with E-state index in [1.165, 1.54) is 45.6 Å². The van der Waals surface area contributed by atoms with Crippen molar-refractivity contribution in [3.8, 4) is 0 Å². The van der Waals surface area contributed by atoms with Gasteiger partial charge in [-0.3, -0.25) is 4.79 Å². The van der Waals surface area contributed by atoms with Crippen molar-refractivity contribution in [3.63, 3.8) is 0 Å². The summed E-state index contributed by atoms with van der Waals surface area (Å²) < 4.78 is 1.81. The SMILES string of the molecule is Cc1ccc2nc(NC(=O)CSc3nnc(Nc4ccc(C(C)C)cc4)s3)sc2c1. The smallest absolute Gasteiger partial charge is 0.236 e. The highest BCUT2D eigenvalue weighted by Gasteiger charge is 2.11. The zero-order chi connectivity index (χ0) is 21.1. The molecule has 9 heteroatoms. The van der Waals surface area contributed by atoms with Gasteiger partial charge in [-0.25, -0.2) is 4.98 Å². The Bertz CT molecular complexity index is 1170. The summed E-state index contributed by atoms with van der Waals surface area (Å²) >= 11 is 4.27. The molecule has 0 radical (unpaired) electrons. The monoisotopic (exact) mass is 455 g/mol. The predicted octanol–water partition coefficient (Wildman–Crippen LogP) is 6.05. The molecule has 2 heterocycles. The fourth-order valence-electron chi connectivity index (χ4n) is 2.76.